The Bertz CT molecular complexity index is 912. The van der Waals surface area contributed by atoms with Gasteiger partial charge in [-0.3, -0.25) is 4.79 Å². The third-order valence-corrected chi connectivity index (χ3v) is 5.07. The fraction of sp³-hybridized carbons (Fsp3) is 0.238. The summed E-state index contributed by atoms with van der Waals surface area (Å²) in [5.41, 5.74) is 4.00. The van der Waals surface area contributed by atoms with Crippen molar-refractivity contribution in [2.75, 3.05) is 0 Å². The van der Waals surface area contributed by atoms with E-state index in [1.165, 1.54) is 11.1 Å². The Hall–Kier alpha value is -2.72. The number of aliphatic hydroxyl groups excluding tert-OH is 1. The number of aliphatic hydroxyl groups is 1. The van der Waals surface area contributed by atoms with Crippen molar-refractivity contribution in [1.29, 1.82) is 0 Å². The van der Waals surface area contributed by atoms with Crippen LogP contribution in [0.15, 0.2) is 67.1 Å². The van der Waals surface area contributed by atoms with Gasteiger partial charge in [-0.1, -0.05) is 24.3 Å². The van der Waals surface area contributed by atoms with Gasteiger partial charge in [-0.05, 0) is 30.2 Å². The molecular weight excluding hydrogens is 312 g/mol. The van der Waals surface area contributed by atoms with Crippen LogP contribution in [0.4, 0.5) is 0 Å². The van der Waals surface area contributed by atoms with E-state index in [2.05, 4.69) is 23.6 Å². The Morgan fingerprint density at radius 2 is 1.92 bits per heavy atom. The van der Waals surface area contributed by atoms with Gasteiger partial charge in [0.15, 0.2) is 24.7 Å². The number of hydrogen-bond donors (Lipinski definition) is 1. The molecule has 1 aromatic carbocycles. The van der Waals surface area contributed by atoms with E-state index >= 15 is 0 Å². The molecule has 1 N–H and O–H groups in total. The number of aromatic nitrogens is 2. The van der Waals surface area contributed by atoms with E-state index in [9.17, 15) is 9.90 Å². The molecule has 0 saturated heterocycles. The number of pyridine rings is 1. The first-order valence-corrected chi connectivity index (χ1v) is 8.54. The SMILES string of the molecule is Cc1ccccc1C[n+]1ccc(C(O)C2Cn3cccc3C2=O)cc1. The Morgan fingerprint density at radius 3 is 2.64 bits per heavy atom. The Balaban J connectivity index is 1.50. The van der Waals surface area contributed by atoms with Crippen LogP contribution < -0.4 is 4.57 Å². The fourth-order valence-corrected chi connectivity index (χ4v) is 3.51. The minimum absolute atomic E-state index is 0.0224. The van der Waals surface area contributed by atoms with Crippen LogP contribution in [0.25, 0.3) is 0 Å². The van der Waals surface area contributed by atoms with Crippen LogP contribution in [0.2, 0.25) is 0 Å². The molecule has 2 unspecified atom stereocenters. The van der Waals surface area contributed by atoms with E-state index in [4.69, 9.17) is 0 Å². The molecular formula is C21H21N2O2+. The number of rotatable bonds is 4. The van der Waals surface area contributed by atoms with Crippen LogP contribution in [-0.2, 0) is 13.1 Å². The van der Waals surface area contributed by atoms with Crippen molar-refractivity contribution in [3.63, 3.8) is 0 Å². The molecule has 3 heterocycles. The lowest BCUT2D eigenvalue weighted by molar-refractivity contribution is -0.688. The summed E-state index contributed by atoms with van der Waals surface area (Å²) in [4.78, 5) is 12.4. The second kappa shape index (κ2) is 6.30. The Kier molecular flexibility index (Phi) is 3.98. The number of aryl methyl sites for hydroxylation is 1. The molecule has 1 aliphatic rings. The van der Waals surface area contributed by atoms with Gasteiger partial charge in [0, 0.05) is 30.4 Å². The summed E-state index contributed by atoms with van der Waals surface area (Å²) < 4.78 is 4.00. The predicted octanol–water partition coefficient (Wildman–Crippen LogP) is 2.68. The molecule has 2 aromatic heterocycles. The number of nitrogens with zero attached hydrogens (tertiary/aromatic N) is 2. The molecule has 3 aromatic rings. The van der Waals surface area contributed by atoms with Crippen molar-refractivity contribution in [2.24, 2.45) is 5.92 Å². The van der Waals surface area contributed by atoms with Gasteiger partial charge in [-0.15, -0.1) is 0 Å². The van der Waals surface area contributed by atoms with Crippen LogP contribution in [-0.4, -0.2) is 15.5 Å². The number of Topliss-reactive ketones (excluding diaryl/α,β-unsaturated/α-hetero) is 1. The molecule has 0 aliphatic carbocycles. The summed E-state index contributed by atoms with van der Waals surface area (Å²) in [6.45, 7) is 3.44. The molecule has 0 fully saturated rings. The summed E-state index contributed by atoms with van der Waals surface area (Å²) in [7, 11) is 0. The first kappa shape index (κ1) is 15.8. The third kappa shape index (κ3) is 2.89. The lowest BCUT2D eigenvalue weighted by Crippen LogP contribution is -2.34. The van der Waals surface area contributed by atoms with Gasteiger partial charge in [0.25, 0.3) is 0 Å². The van der Waals surface area contributed by atoms with E-state index in [0.29, 0.717) is 12.2 Å². The lowest BCUT2D eigenvalue weighted by atomic mass is 9.93. The number of carbonyl (C=O) groups excluding carboxylic acids is 1. The zero-order valence-electron chi connectivity index (χ0n) is 14.2. The molecule has 4 heteroatoms. The molecule has 0 saturated carbocycles. The summed E-state index contributed by atoms with van der Waals surface area (Å²) in [5.74, 6) is -0.377. The van der Waals surface area contributed by atoms with Crippen LogP contribution in [0, 0.1) is 12.8 Å². The zero-order valence-corrected chi connectivity index (χ0v) is 14.2. The molecule has 2 atom stereocenters. The van der Waals surface area contributed by atoms with E-state index in [1.54, 1.807) is 0 Å². The summed E-state index contributed by atoms with van der Waals surface area (Å²) >= 11 is 0. The van der Waals surface area contributed by atoms with Crippen LogP contribution in [0.3, 0.4) is 0 Å². The van der Waals surface area contributed by atoms with Crippen molar-refractivity contribution >= 4 is 5.78 Å². The van der Waals surface area contributed by atoms with Crippen LogP contribution in [0.5, 0.6) is 0 Å². The average Bonchev–Trinajstić information content (AvgIpc) is 3.20. The minimum atomic E-state index is -0.777. The van der Waals surface area contributed by atoms with Crippen molar-refractivity contribution in [2.45, 2.75) is 26.1 Å². The number of carbonyl (C=O) groups is 1. The van der Waals surface area contributed by atoms with Gasteiger partial charge in [0.1, 0.15) is 0 Å². The number of benzene rings is 1. The Labute approximate surface area is 147 Å². The van der Waals surface area contributed by atoms with Gasteiger partial charge >= 0.3 is 0 Å². The second-order valence-electron chi connectivity index (χ2n) is 6.69. The van der Waals surface area contributed by atoms with E-state index in [-0.39, 0.29) is 5.78 Å². The van der Waals surface area contributed by atoms with Gasteiger partial charge in [0.2, 0.25) is 0 Å². The zero-order chi connectivity index (χ0) is 17.4. The molecule has 4 rings (SSSR count). The number of fused-ring (bicyclic) bond motifs is 1. The highest BCUT2D eigenvalue weighted by Gasteiger charge is 2.36. The molecule has 0 radical (unpaired) electrons. The average molecular weight is 333 g/mol. The maximum atomic E-state index is 12.4. The lowest BCUT2D eigenvalue weighted by Gasteiger charge is -2.16. The van der Waals surface area contributed by atoms with Gasteiger partial charge in [0.05, 0.1) is 17.7 Å². The summed E-state index contributed by atoms with van der Waals surface area (Å²) in [6.07, 6.45) is 5.04. The van der Waals surface area contributed by atoms with Gasteiger partial charge in [-0.2, -0.15) is 0 Å². The second-order valence-corrected chi connectivity index (χ2v) is 6.69. The van der Waals surface area contributed by atoms with Crippen molar-refractivity contribution in [3.05, 3.63) is 89.5 Å². The largest absolute Gasteiger partial charge is 0.388 e. The van der Waals surface area contributed by atoms with E-state index < -0.39 is 12.0 Å². The van der Waals surface area contributed by atoms with Crippen LogP contribution in [0.1, 0.15) is 33.3 Å². The molecule has 4 nitrogen and oxygen atoms in total. The summed E-state index contributed by atoms with van der Waals surface area (Å²) in [5, 5.41) is 10.7. The summed E-state index contributed by atoms with van der Waals surface area (Å²) in [6, 6.07) is 15.8. The maximum absolute atomic E-state index is 12.4. The molecule has 1 aliphatic heterocycles. The monoisotopic (exact) mass is 333 g/mol. The van der Waals surface area contributed by atoms with E-state index in [0.717, 1.165) is 12.1 Å². The first-order chi connectivity index (χ1) is 12.1. The minimum Gasteiger partial charge on any atom is -0.388 e. The van der Waals surface area contributed by atoms with E-state index in [1.807, 2.05) is 59.6 Å². The number of ketones is 1. The standard InChI is InChI=1S/C21H21N2O2/c1-15-5-2-3-6-17(15)13-22-11-8-16(9-12-22)20(24)18-14-23-10-4-7-19(23)21(18)25/h2-12,18,20,24H,13-14H2,1H3/q+1. The first-order valence-electron chi connectivity index (χ1n) is 8.54. The maximum Gasteiger partial charge on any atom is 0.187 e. The molecule has 25 heavy (non-hydrogen) atoms. The topological polar surface area (TPSA) is 46.1 Å². The van der Waals surface area contributed by atoms with Crippen molar-refractivity contribution < 1.29 is 14.5 Å². The third-order valence-electron chi connectivity index (χ3n) is 5.07. The highest BCUT2D eigenvalue weighted by atomic mass is 16.3. The molecule has 0 amide bonds. The predicted molar refractivity (Wildman–Crippen MR) is 94.1 cm³/mol. The fourth-order valence-electron chi connectivity index (χ4n) is 3.51. The number of hydrogen-bond acceptors (Lipinski definition) is 2. The molecule has 0 bridgehead atoms. The molecule has 126 valence electrons. The molecule has 0 spiro atoms. The van der Waals surface area contributed by atoms with Crippen LogP contribution >= 0.6 is 0 Å². The van der Waals surface area contributed by atoms with Gasteiger partial charge in [-0.25, -0.2) is 4.57 Å². The van der Waals surface area contributed by atoms with Crippen molar-refractivity contribution in [3.8, 4) is 0 Å². The normalized spacial score (nSPS) is 17.5. The van der Waals surface area contributed by atoms with Crippen molar-refractivity contribution in [1.82, 2.24) is 4.57 Å². The highest BCUT2D eigenvalue weighted by molar-refractivity contribution is 5.98. The van der Waals surface area contributed by atoms with Gasteiger partial charge < -0.3 is 9.67 Å². The highest BCUT2D eigenvalue weighted by Crippen LogP contribution is 2.31. The quantitative estimate of drug-likeness (QED) is 0.746. The smallest absolute Gasteiger partial charge is 0.187 e. The Morgan fingerprint density at radius 1 is 1.16 bits per heavy atom.